The number of nitrogens with two attached hydrogens (primary N) is 3. The molecule has 10 N–H and O–H groups in total. The number of nitrogens with one attached hydrogen (secondary N) is 3. The molecule has 3 amide bonds. The number of aromatic nitrogens is 12. The lowest BCUT2D eigenvalue weighted by molar-refractivity contribution is 0.0942. The number of carbonyl (C=O) groups is 3. The number of aliphatic hydroxyl groups excluding tert-OH is 1. The first-order valence-electron chi connectivity index (χ1n) is 33.1. The van der Waals surface area contributed by atoms with Crippen LogP contribution in [-0.4, -0.2) is 94.3 Å². The predicted molar refractivity (Wildman–Crippen MR) is 379 cm³/mol. The van der Waals surface area contributed by atoms with Crippen LogP contribution in [0.5, 0.6) is 0 Å². The number of allylic oxidation sites excluding steroid dienone is 3. The first-order valence-corrected chi connectivity index (χ1v) is 33.1. The normalized spacial score (nSPS) is 18.7. The average molecular weight is 1340 g/mol. The molecule has 24 heteroatoms. The van der Waals surface area contributed by atoms with Gasteiger partial charge >= 0.3 is 0 Å². The highest BCUT2D eigenvalue weighted by Gasteiger charge is 2.47. The van der Waals surface area contributed by atoms with E-state index in [1.165, 1.54) is 50.4 Å². The van der Waals surface area contributed by atoms with Gasteiger partial charge in [0.25, 0.3) is 17.7 Å². The minimum atomic E-state index is -0.994. The van der Waals surface area contributed by atoms with Crippen LogP contribution >= 0.6 is 0 Å². The number of halogens is 2. The molecule has 12 aromatic rings. The molecule has 100 heavy (non-hydrogen) atoms. The standard InChI is InChI=1S/C26H26N6O.C25H23FN6O2.C25H23FN6O/c1-15-4-2-3-5-21(15)26(33)28-13-16-6-8-17(9-7-16)23-22-24(27)29-14-30-25(22)32(31-23)20-11-18-10-19(18)12-20;1-14-2-7-17(26)10-20(14)25(34)28-12-15-3-5-16(6-4-15)22-21-23(27)29-13-30-24(21)32(31-22)18-8-9-19(33)11-18;1-15-4-2-3-5-20(15)25(33)28-13-16-6-8-17(9-7-16)22-21-23(27)29-14-30-24(21)32(31-22)19-11-10-18(26)12-19/h2-9,14,18-20H,10-13H2,1H3,(H,28,33)(H2,27,29,30);2-10,13,18-19,33H,11-12H2,1H3,(H,28,34)(H2,27,29,30);2-11,14,18-19H,12-13H2,1H3,(H,28,33)(H2,27,29,30). The SMILES string of the molecule is Cc1ccc(F)cc1C(=O)NCc1ccc(-c2nn(C3C=CC(O)C3)c3ncnc(N)c23)cc1.Cc1ccccc1C(=O)NCc1ccc(-c2nn(C3C=CC(F)C3)c3ncnc(N)c23)cc1.Cc1ccccc1C(=O)NCc1ccc(-c2nn(C3CC4CC4C3)c3ncnc(N)c23)cc1. The number of fused-ring (bicyclic) bond motifs is 4. The molecule has 16 rings (SSSR count). The van der Waals surface area contributed by atoms with Gasteiger partial charge in [-0.2, -0.15) is 15.3 Å². The van der Waals surface area contributed by atoms with Gasteiger partial charge in [0.05, 0.1) is 40.4 Å². The van der Waals surface area contributed by atoms with Gasteiger partial charge in [-0.15, -0.1) is 0 Å². The highest BCUT2D eigenvalue weighted by Crippen LogP contribution is 2.56. The van der Waals surface area contributed by atoms with Crippen molar-refractivity contribution in [2.75, 3.05) is 17.2 Å². The maximum Gasteiger partial charge on any atom is 0.251 e. The monoisotopic (exact) mass is 1340 g/mol. The maximum atomic E-state index is 13.8. The van der Waals surface area contributed by atoms with Crippen LogP contribution in [-0.2, 0) is 19.6 Å². The summed E-state index contributed by atoms with van der Waals surface area (Å²) in [6, 6.07) is 42.7. The van der Waals surface area contributed by atoms with Crippen LogP contribution in [0, 0.1) is 38.4 Å². The third-order valence-corrected chi connectivity index (χ3v) is 19.1. The molecular weight excluding hydrogens is 1270 g/mol. The van der Waals surface area contributed by atoms with Crippen LogP contribution in [0.25, 0.3) is 66.9 Å². The number of aliphatic hydroxyl groups is 1. The van der Waals surface area contributed by atoms with Gasteiger partial charge in [-0.05, 0) is 110 Å². The fraction of sp³-hybridized carbons (Fsp3) is 0.237. The summed E-state index contributed by atoms with van der Waals surface area (Å²) in [6.45, 7) is 6.77. The van der Waals surface area contributed by atoms with E-state index < -0.39 is 18.1 Å². The average Bonchev–Trinajstić information content (AvgIpc) is 1.64. The number of carbonyl (C=O) groups excluding carboxylic acids is 3. The summed E-state index contributed by atoms with van der Waals surface area (Å²) >= 11 is 0. The molecule has 6 unspecified atom stereocenters. The molecule has 6 aromatic heterocycles. The highest BCUT2D eigenvalue weighted by atomic mass is 19.1. The zero-order chi connectivity index (χ0) is 69.3. The molecule has 504 valence electrons. The van der Waals surface area contributed by atoms with E-state index in [0.29, 0.717) is 112 Å². The van der Waals surface area contributed by atoms with Crippen molar-refractivity contribution >= 4 is 68.3 Å². The van der Waals surface area contributed by atoms with Gasteiger partial charge in [0, 0.05) is 65.9 Å². The minimum absolute atomic E-state index is 0.0681. The Morgan fingerprint density at radius 2 is 0.850 bits per heavy atom. The Labute approximate surface area is 573 Å². The second-order valence-corrected chi connectivity index (χ2v) is 25.8. The van der Waals surface area contributed by atoms with Gasteiger partial charge in [0.15, 0.2) is 16.9 Å². The molecule has 4 aliphatic carbocycles. The number of aryl methyl sites for hydroxylation is 3. The van der Waals surface area contributed by atoms with E-state index in [-0.39, 0.29) is 29.8 Å². The third kappa shape index (κ3) is 13.6. The van der Waals surface area contributed by atoms with Crippen molar-refractivity contribution in [3.63, 3.8) is 0 Å². The summed E-state index contributed by atoms with van der Waals surface area (Å²) < 4.78 is 32.8. The van der Waals surface area contributed by atoms with E-state index in [1.807, 2.05) is 141 Å². The molecule has 2 fully saturated rings. The fourth-order valence-electron chi connectivity index (χ4n) is 13.5. The third-order valence-electron chi connectivity index (χ3n) is 19.1. The van der Waals surface area contributed by atoms with E-state index in [0.717, 1.165) is 73.1 Å². The van der Waals surface area contributed by atoms with E-state index >= 15 is 0 Å². The number of benzene rings is 6. The molecule has 4 aliphatic rings. The zero-order valence-corrected chi connectivity index (χ0v) is 55.0. The second kappa shape index (κ2) is 27.9. The number of hydrogen-bond donors (Lipinski definition) is 7. The largest absolute Gasteiger partial charge is 0.389 e. The minimum Gasteiger partial charge on any atom is -0.389 e. The van der Waals surface area contributed by atoms with Gasteiger partial charge in [0.2, 0.25) is 0 Å². The van der Waals surface area contributed by atoms with Gasteiger partial charge in [0.1, 0.15) is 65.5 Å². The van der Waals surface area contributed by atoms with Crippen molar-refractivity contribution in [3.8, 4) is 33.8 Å². The molecule has 0 radical (unpaired) electrons. The van der Waals surface area contributed by atoms with Gasteiger partial charge in [-0.1, -0.05) is 140 Å². The molecule has 6 aromatic carbocycles. The number of anilines is 3. The Bertz CT molecular complexity index is 5140. The summed E-state index contributed by atoms with van der Waals surface area (Å²) in [6.07, 6.45) is 14.4. The van der Waals surface area contributed by atoms with Crippen molar-refractivity contribution in [1.82, 2.24) is 75.2 Å². The van der Waals surface area contributed by atoms with Gasteiger partial charge in [-0.25, -0.2) is 52.7 Å². The van der Waals surface area contributed by atoms with Crippen molar-refractivity contribution in [1.29, 1.82) is 0 Å². The summed E-state index contributed by atoms with van der Waals surface area (Å²) in [4.78, 5) is 63.2. The summed E-state index contributed by atoms with van der Waals surface area (Å²) in [5.74, 6) is 1.87. The number of rotatable bonds is 15. The van der Waals surface area contributed by atoms with Crippen molar-refractivity contribution in [2.24, 2.45) is 11.8 Å². The van der Waals surface area contributed by atoms with Crippen LogP contribution in [0.1, 0.15) is 115 Å². The molecule has 6 heterocycles. The number of nitrogen functional groups attached to an aromatic ring is 3. The smallest absolute Gasteiger partial charge is 0.251 e. The van der Waals surface area contributed by atoms with E-state index in [9.17, 15) is 28.3 Å². The lowest BCUT2D eigenvalue weighted by Crippen LogP contribution is -2.23. The Hall–Kier alpha value is -11.9. The number of hydrogen-bond acceptors (Lipinski definition) is 16. The molecule has 6 atom stereocenters. The Balaban J connectivity index is 0.000000128. The zero-order valence-electron chi connectivity index (χ0n) is 55.0. The van der Waals surface area contributed by atoms with E-state index in [4.69, 9.17) is 32.5 Å². The number of alkyl halides is 1. The van der Waals surface area contributed by atoms with Crippen molar-refractivity contribution in [3.05, 3.63) is 239 Å². The van der Waals surface area contributed by atoms with Crippen molar-refractivity contribution < 1.29 is 28.3 Å². The van der Waals surface area contributed by atoms with E-state index in [2.05, 4.69) is 50.5 Å². The fourth-order valence-corrected chi connectivity index (χ4v) is 13.5. The summed E-state index contributed by atoms with van der Waals surface area (Å²) in [7, 11) is 0. The lowest BCUT2D eigenvalue weighted by atomic mass is 10.1. The maximum absolute atomic E-state index is 13.8. The van der Waals surface area contributed by atoms with Gasteiger partial charge < -0.3 is 38.3 Å². The van der Waals surface area contributed by atoms with Gasteiger partial charge in [-0.3, -0.25) is 14.4 Å². The van der Waals surface area contributed by atoms with Crippen LogP contribution < -0.4 is 33.2 Å². The van der Waals surface area contributed by atoms with Crippen LogP contribution in [0.3, 0.4) is 0 Å². The summed E-state index contributed by atoms with van der Waals surface area (Å²) in [5.41, 5.74) is 32.5. The topological polar surface area (TPSA) is 316 Å². The molecular formula is C76H72F2N18O4. The van der Waals surface area contributed by atoms with Crippen molar-refractivity contribution in [2.45, 2.75) is 103 Å². The quantitative estimate of drug-likeness (QED) is 0.0469. The molecule has 0 aliphatic heterocycles. The summed E-state index contributed by atoms with van der Waals surface area (Å²) in [5, 5.41) is 35.3. The van der Waals surface area contributed by atoms with Crippen LogP contribution in [0.4, 0.5) is 26.2 Å². The first kappa shape index (κ1) is 65.4. The molecule has 22 nitrogen and oxygen atoms in total. The highest BCUT2D eigenvalue weighted by molar-refractivity contribution is 6.01. The Morgan fingerprint density at radius 3 is 1.26 bits per heavy atom. The predicted octanol–water partition coefficient (Wildman–Crippen LogP) is 11.8. The van der Waals surface area contributed by atoms with Crippen LogP contribution in [0.2, 0.25) is 0 Å². The number of amides is 3. The second-order valence-electron chi connectivity index (χ2n) is 25.8. The molecule has 0 bridgehead atoms. The van der Waals surface area contributed by atoms with E-state index in [1.54, 1.807) is 40.6 Å². The lowest BCUT2D eigenvalue weighted by Gasteiger charge is -2.12. The Morgan fingerprint density at radius 1 is 0.460 bits per heavy atom. The molecule has 2 saturated carbocycles. The molecule has 0 saturated heterocycles. The number of nitrogens with zero attached hydrogens (tertiary/aromatic N) is 12. The van der Waals surface area contributed by atoms with Crippen LogP contribution in [0.15, 0.2) is 183 Å². The molecule has 0 spiro atoms. The first-order chi connectivity index (χ1) is 48.5. The Kier molecular flexibility index (Phi) is 18.2.